The Morgan fingerprint density at radius 2 is 1.58 bits per heavy atom. The Labute approximate surface area is 154 Å². The topological polar surface area (TPSA) is 63.6 Å². The van der Waals surface area contributed by atoms with E-state index in [2.05, 4.69) is 6.92 Å². The lowest BCUT2D eigenvalue weighted by Gasteiger charge is -2.20. The van der Waals surface area contributed by atoms with Gasteiger partial charge in [-0.1, -0.05) is 36.4 Å². The highest BCUT2D eigenvalue weighted by Gasteiger charge is 2.23. The van der Waals surface area contributed by atoms with Crippen molar-refractivity contribution in [3.63, 3.8) is 0 Å². The van der Waals surface area contributed by atoms with Crippen LogP contribution in [0.25, 0.3) is 5.57 Å². The van der Waals surface area contributed by atoms with Crippen LogP contribution in [0.5, 0.6) is 0 Å². The van der Waals surface area contributed by atoms with Gasteiger partial charge in [0.15, 0.2) is 0 Å². The predicted octanol–water partition coefficient (Wildman–Crippen LogP) is 4.37. The van der Waals surface area contributed by atoms with E-state index in [1.807, 2.05) is 57.2 Å². The molecular formula is C22H24O4. The van der Waals surface area contributed by atoms with Crippen molar-refractivity contribution < 1.29 is 19.4 Å². The number of methoxy groups -OCH3 is 1. The summed E-state index contributed by atoms with van der Waals surface area (Å²) in [6.07, 6.45) is -0.400. The smallest absolute Gasteiger partial charge is 0.334 e. The summed E-state index contributed by atoms with van der Waals surface area (Å²) in [5.41, 5.74) is 6.86. The van der Waals surface area contributed by atoms with Crippen LogP contribution in [0.2, 0.25) is 0 Å². The average Bonchev–Trinajstić information content (AvgIpc) is 2.63. The van der Waals surface area contributed by atoms with Gasteiger partial charge in [-0.05, 0) is 61.1 Å². The van der Waals surface area contributed by atoms with Gasteiger partial charge in [-0.15, -0.1) is 0 Å². The van der Waals surface area contributed by atoms with Gasteiger partial charge in [0.05, 0.1) is 19.1 Å². The number of benzene rings is 2. The maximum Gasteiger partial charge on any atom is 0.334 e. The van der Waals surface area contributed by atoms with Crippen molar-refractivity contribution in [3.8, 4) is 0 Å². The van der Waals surface area contributed by atoms with Crippen LogP contribution in [-0.2, 0) is 14.3 Å². The van der Waals surface area contributed by atoms with Crippen LogP contribution in [0.1, 0.15) is 39.8 Å². The van der Waals surface area contributed by atoms with Gasteiger partial charge in [-0.2, -0.15) is 0 Å². The SMILES string of the molecule is COC(=O)/C(CC(=O)O)=C(\c1ccccc1)c1cc(C)c(C)c(C)c1C. The fraction of sp³-hybridized carbons (Fsp3) is 0.273. The monoisotopic (exact) mass is 352 g/mol. The van der Waals surface area contributed by atoms with Crippen molar-refractivity contribution >= 4 is 17.5 Å². The first kappa shape index (κ1) is 19.4. The average molecular weight is 352 g/mol. The van der Waals surface area contributed by atoms with E-state index < -0.39 is 18.4 Å². The molecule has 0 atom stereocenters. The van der Waals surface area contributed by atoms with Gasteiger partial charge in [0.1, 0.15) is 0 Å². The van der Waals surface area contributed by atoms with Gasteiger partial charge < -0.3 is 9.84 Å². The summed E-state index contributed by atoms with van der Waals surface area (Å²) in [6.45, 7) is 8.11. The Morgan fingerprint density at radius 1 is 0.962 bits per heavy atom. The molecule has 2 aromatic carbocycles. The number of carboxylic acid groups (broad SMARTS) is 1. The Morgan fingerprint density at radius 3 is 2.12 bits per heavy atom. The van der Waals surface area contributed by atoms with E-state index in [0.717, 1.165) is 27.8 Å². The summed E-state index contributed by atoms with van der Waals surface area (Å²) in [6, 6.07) is 11.4. The molecule has 0 aromatic heterocycles. The van der Waals surface area contributed by atoms with Crippen LogP contribution in [0.3, 0.4) is 0 Å². The second-order valence-corrected chi connectivity index (χ2v) is 6.40. The Balaban J connectivity index is 2.92. The Hall–Kier alpha value is -2.88. The zero-order chi connectivity index (χ0) is 19.4. The van der Waals surface area contributed by atoms with Crippen LogP contribution in [0.15, 0.2) is 42.0 Å². The quantitative estimate of drug-likeness (QED) is 0.641. The molecule has 0 aliphatic heterocycles. The molecule has 0 bridgehead atoms. The van der Waals surface area contributed by atoms with Crippen molar-refractivity contribution in [1.29, 1.82) is 0 Å². The normalized spacial score (nSPS) is 11.7. The minimum Gasteiger partial charge on any atom is -0.481 e. The number of ether oxygens (including phenoxy) is 1. The van der Waals surface area contributed by atoms with Crippen LogP contribution in [0.4, 0.5) is 0 Å². The lowest BCUT2D eigenvalue weighted by atomic mass is 9.85. The molecule has 26 heavy (non-hydrogen) atoms. The number of hydrogen-bond donors (Lipinski definition) is 1. The second-order valence-electron chi connectivity index (χ2n) is 6.40. The van der Waals surface area contributed by atoms with E-state index >= 15 is 0 Å². The molecule has 0 unspecified atom stereocenters. The van der Waals surface area contributed by atoms with Crippen LogP contribution < -0.4 is 0 Å². The minimum atomic E-state index is -1.07. The molecule has 1 N–H and O–H groups in total. The van der Waals surface area contributed by atoms with Gasteiger partial charge in [0, 0.05) is 5.57 Å². The lowest BCUT2D eigenvalue weighted by molar-refractivity contribution is -0.141. The standard InChI is InChI=1S/C22H24O4/c1-13-11-18(16(4)15(3)14(13)2)21(17-9-7-6-8-10-17)19(12-20(23)24)22(25)26-5/h6-11H,12H2,1-5H3,(H,23,24)/b21-19+. The summed E-state index contributed by atoms with van der Waals surface area (Å²) in [4.78, 5) is 23.9. The van der Waals surface area contributed by atoms with Gasteiger partial charge in [0.25, 0.3) is 0 Å². The van der Waals surface area contributed by atoms with E-state index in [1.54, 1.807) is 0 Å². The molecule has 0 radical (unpaired) electrons. The van der Waals surface area contributed by atoms with Crippen molar-refractivity contribution in [2.45, 2.75) is 34.1 Å². The third-order valence-electron chi connectivity index (χ3n) is 4.87. The number of carbonyl (C=O) groups excluding carboxylic acids is 1. The third-order valence-corrected chi connectivity index (χ3v) is 4.87. The third kappa shape index (κ3) is 3.85. The van der Waals surface area contributed by atoms with Crippen molar-refractivity contribution in [3.05, 3.63) is 75.4 Å². The molecule has 0 amide bonds. The van der Waals surface area contributed by atoms with Gasteiger partial charge in [-0.3, -0.25) is 4.79 Å². The molecule has 0 aliphatic rings. The maximum absolute atomic E-state index is 12.4. The number of aryl methyl sites for hydroxylation is 1. The van der Waals surface area contributed by atoms with E-state index in [9.17, 15) is 14.7 Å². The van der Waals surface area contributed by atoms with Crippen molar-refractivity contribution in [1.82, 2.24) is 0 Å². The summed E-state index contributed by atoms with van der Waals surface area (Å²) in [7, 11) is 1.27. The minimum absolute atomic E-state index is 0.150. The van der Waals surface area contributed by atoms with E-state index in [4.69, 9.17) is 4.74 Å². The molecule has 4 nitrogen and oxygen atoms in total. The van der Waals surface area contributed by atoms with Crippen molar-refractivity contribution in [2.24, 2.45) is 0 Å². The molecular weight excluding hydrogens is 328 g/mol. The van der Waals surface area contributed by atoms with Gasteiger partial charge in [-0.25, -0.2) is 4.79 Å². The van der Waals surface area contributed by atoms with Crippen LogP contribution in [0, 0.1) is 27.7 Å². The molecule has 2 aromatic rings. The maximum atomic E-state index is 12.4. The van der Waals surface area contributed by atoms with Gasteiger partial charge >= 0.3 is 11.9 Å². The molecule has 0 saturated heterocycles. The Bertz CT molecular complexity index is 877. The number of carbonyl (C=O) groups is 2. The highest BCUT2D eigenvalue weighted by Crippen LogP contribution is 2.34. The summed E-state index contributed by atoms with van der Waals surface area (Å²) < 4.78 is 4.90. The van der Waals surface area contributed by atoms with E-state index in [1.165, 1.54) is 12.7 Å². The number of carboxylic acids is 1. The second kappa shape index (κ2) is 8.00. The molecule has 0 saturated carbocycles. The van der Waals surface area contributed by atoms with Crippen LogP contribution in [-0.4, -0.2) is 24.2 Å². The number of rotatable bonds is 5. The lowest BCUT2D eigenvalue weighted by Crippen LogP contribution is -2.13. The van der Waals surface area contributed by atoms with Crippen LogP contribution >= 0.6 is 0 Å². The molecule has 2 rings (SSSR count). The first-order valence-corrected chi connectivity index (χ1v) is 8.44. The van der Waals surface area contributed by atoms with E-state index in [-0.39, 0.29) is 5.57 Å². The molecule has 0 spiro atoms. The zero-order valence-corrected chi connectivity index (χ0v) is 15.8. The molecule has 4 heteroatoms. The summed E-state index contributed by atoms with van der Waals surface area (Å²) in [5.74, 6) is -1.70. The van der Waals surface area contributed by atoms with Gasteiger partial charge in [0.2, 0.25) is 0 Å². The fourth-order valence-electron chi connectivity index (χ4n) is 3.11. The Kier molecular flexibility index (Phi) is 5.98. The summed E-state index contributed by atoms with van der Waals surface area (Å²) >= 11 is 0. The highest BCUT2D eigenvalue weighted by atomic mass is 16.5. The molecule has 0 aliphatic carbocycles. The molecule has 136 valence electrons. The summed E-state index contributed by atoms with van der Waals surface area (Å²) in [5, 5.41) is 9.35. The molecule has 0 heterocycles. The first-order chi connectivity index (χ1) is 12.3. The number of hydrogen-bond acceptors (Lipinski definition) is 3. The predicted molar refractivity (Wildman–Crippen MR) is 102 cm³/mol. The zero-order valence-electron chi connectivity index (χ0n) is 15.8. The first-order valence-electron chi connectivity index (χ1n) is 8.44. The molecule has 0 fully saturated rings. The van der Waals surface area contributed by atoms with Crippen molar-refractivity contribution in [2.75, 3.05) is 7.11 Å². The largest absolute Gasteiger partial charge is 0.481 e. The number of esters is 1. The van der Waals surface area contributed by atoms with E-state index in [0.29, 0.717) is 5.57 Å². The highest BCUT2D eigenvalue weighted by molar-refractivity contribution is 6.05. The number of aliphatic carboxylic acids is 1. The fourth-order valence-corrected chi connectivity index (χ4v) is 3.11.